The Morgan fingerprint density at radius 2 is 2.16 bits per heavy atom. The van der Waals surface area contributed by atoms with Crippen molar-refractivity contribution in [2.24, 2.45) is 0 Å². The van der Waals surface area contributed by atoms with Crippen molar-refractivity contribution in [3.8, 4) is 6.01 Å². The number of methoxy groups -OCH3 is 1. The third kappa shape index (κ3) is 3.73. The van der Waals surface area contributed by atoms with Gasteiger partial charge in [0.2, 0.25) is 0 Å². The van der Waals surface area contributed by atoms with Crippen molar-refractivity contribution >= 4 is 34.1 Å². The van der Waals surface area contributed by atoms with Crippen molar-refractivity contribution in [1.82, 2.24) is 20.3 Å². The molecule has 25 heavy (non-hydrogen) atoms. The third-order valence-electron chi connectivity index (χ3n) is 3.82. The Hall–Kier alpha value is -2.62. The van der Waals surface area contributed by atoms with Gasteiger partial charge in [-0.05, 0) is 0 Å². The lowest BCUT2D eigenvalue weighted by atomic mass is 10.2. The molecule has 0 aliphatic carbocycles. The largest absolute Gasteiger partial charge is 0.467 e. The van der Waals surface area contributed by atoms with Crippen LogP contribution in [0.5, 0.6) is 6.01 Å². The Bertz CT molecular complexity index is 777. The third-order valence-corrected chi connectivity index (χ3v) is 4.82. The molecule has 2 aromatic rings. The molecule has 2 N–H and O–H groups in total. The van der Waals surface area contributed by atoms with E-state index >= 15 is 0 Å². The fourth-order valence-corrected chi connectivity index (χ4v) is 3.51. The van der Waals surface area contributed by atoms with Crippen LogP contribution in [0.25, 0.3) is 0 Å². The molecule has 0 saturated heterocycles. The van der Waals surface area contributed by atoms with Crippen molar-refractivity contribution in [2.75, 3.05) is 49.9 Å². The highest BCUT2D eigenvalue weighted by Crippen LogP contribution is 2.31. The number of nitrogens with one attached hydrogen (secondary N) is 2. The maximum atomic E-state index is 11.5. The van der Waals surface area contributed by atoms with E-state index in [4.69, 9.17) is 4.74 Å². The summed E-state index contributed by atoms with van der Waals surface area (Å²) >= 11 is 1.49. The van der Waals surface area contributed by atoms with Crippen molar-refractivity contribution in [1.29, 1.82) is 0 Å². The molecule has 2 amide bonds. The number of hydrogen-bond donors (Lipinski definition) is 2. The zero-order valence-corrected chi connectivity index (χ0v) is 15.5. The van der Waals surface area contributed by atoms with Crippen LogP contribution in [0, 0.1) is 0 Å². The van der Waals surface area contributed by atoms with Gasteiger partial charge in [0.1, 0.15) is 11.6 Å². The summed E-state index contributed by atoms with van der Waals surface area (Å²) in [5, 5.41) is 5.87. The molecule has 0 unspecified atom stereocenters. The molecule has 10 heteroatoms. The highest BCUT2D eigenvalue weighted by atomic mass is 32.1. The van der Waals surface area contributed by atoms with E-state index in [0.29, 0.717) is 17.7 Å². The molecular formula is C15H21N7O2S. The molecule has 1 aliphatic heterocycles. The minimum absolute atomic E-state index is 0.265. The Labute approximate surface area is 150 Å². The monoisotopic (exact) mass is 363 g/mol. The number of anilines is 3. The Kier molecular flexibility index (Phi) is 4.88. The van der Waals surface area contributed by atoms with Crippen molar-refractivity contribution in [3.63, 3.8) is 0 Å². The van der Waals surface area contributed by atoms with Crippen LogP contribution in [0.3, 0.4) is 0 Å². The van der Waals surface area contributed by atoms with Crippen molar-refractivity contribution < 1.29 is 9.53 Å². The van der Waals surface area contributed by atoms with Crippen LogP contribution in [0.1, 0.15) is 10.6 Å². The van der Waals surface area contributed by atoms with Gasteiger partial charge in [-0.15, -0.1) is 0 Å². The standard InChI is InChI=1S/C15H21N7O2S/c1-16-13(23)20-15-17-9-5-6-22(8-10(9)25-15)12-7-11(21(2)3)18-14(19-12)24-4/h7H,5-6,8H2,1-4H3,(H2,16,17,20,23). The number of amides is 2. The van der Waals surface area contributed by atoms with E-state index < -0.39 is 0 Å². The number of carbonyl (C=O) groups excluding carboxylic acids is 1. The van der Waals surface area contributed by atoms with Gasteiger partial charge in [-0.3, -0.25) is 5.32 Å². The first-order valence-electron chi connectivity index (χ1n) is 7.82. The lowest BCUT2D eigenvalue weighted by molar-refractivity contribution is 0.254. The number of urea groups is 1. The summed E-state index contributed by atoms with van der Waals surface area (Å²) in [5.41, 5.74) is 1.03. The molecule has 0 saturated carbocycles. The first-order chi connectivity index (χ1) is 12.0. The highest BCUT2D eigenvalue weighted by Gasteiger charge is 2.23. The summed E-state index contributed by atoms with van der Waals surface area (Å²) in [6.07, 6.45) is 0.797. The maximum Gasteiger partial charge on any atom is 0.320 e. The number of thiazole rings is 1. The highest BCUT2D eigenvalue weighted by molar-refractivity contribution is 7.15. The molecular weight excluding hydrogens is 342 g/mol. The maximum absolute atomic E-state index is 11.5. The molecule has 2 aromatic heterocycles. The van der Waals surface area contributed by atoms with E-state index in [1.807, 2.05) is 25.1 Å². The fraction of sp³-hybridized carbons (Fsp3) is 0.467. The summed E-state index contributed by atoms with van der Waals surface area (Å²) in [6.45, 7) is 1.48. The lowest BCUT2D eigenvalue weighted by Crippen LogP contribution is -2.30. The Balaban J connectivity index is 1.83. The number of fused-ring (bicyclic) bond motifs is 1. The van der Waals surface area contributed by atoms with E-state index in [1.54, 1.807) is 14.2 Å². The first-order valence-corrected chi connectivity index (χ1v) is 8.64. The second kappa shape index (κ2) is 7.09. The van der Waals surface area contributed by atoms with Gasteiger partial charge in [0.05, 0.1) is 19.3 Å². The molecule has 0 spiro atoms. The van der Waals surface area contributed by atoms with Crippen LogP contribution >= 0.6 is 11.3 Å². The normalized spacial score (nSPS) is 13.2. The van der Waals surface area contributed by atoms with Crippen LogP contribution in [0.2, 0.25) is 0 Å². The fourth-order valence-electron chi connectivity index (χ4n) is 2.49. The second-order valence-corrected chi connectivity index (χ2v) is 6.81. The SMILES string of the molecule is CNC(=O)Nc1nc2c(s1)CN(c1cc(N(C)C)nc(OC)n1)CC2. The van der Waals surface area contributed by atoms with Crippen LogP contribution in [-0.2, 0) is 13.0 Å². The van der Waals surface area contributed by atoms with Gasteiger partial charge in [-0.1, -0.05) is 11.3 Å². The minimum Gasteiger partial charge on any atom is -0.467 e. The summed E-state index contributed by atoms with van der Waals surface area (Å²) in [6, 6.07) is 2.02. The van der Waals surface area contributed by atoms with E-state index in [9.17, 15) is 4.79 Å². The van der Waals surface area contributed by atoms with Gasteiger partial charge in [0.25, 0.3) is 0 Å². The summed E-state index contributed by atoms with van der Waals surface area (Å²) in [7, 11) is 7.00. The number of aromatic nitrogens is 3. The summed E-state index contributed by atoms with van der Waals surface area (Å²) in [5.74, 6) is 1.61. The van der Waals surface area contributed by atoms with Crippen LogP contribution in [0.4, 0.5) is 21.6 Å². The van der Waals surface area contributed by atoms with Gasteiger partial charge < -0.3 is 19.9 Å². The predicted octanol–water partition coefficient (Wildman–Crippen LogP) is 1.32. The topological polar surface area (TPSA) is 95.5 Å². The van der Waals surface area contributed by atoms with E-state index in [1.165, 1.54) is 11.3 Å². The van der Waals surface area contributed by atoms with E-state index in [0.717, 1.165) is 35.2 Å². The van der Waals surface area contributed by atoms with Gasteiger partial charge in [-0.2, -0.15) is 9.97 Å². The second-order valence-electron chi connectivity index (χ2n) is 5.73. The van der Waals surface area contributed by atoms with Crippen LogP contribution in [0.15, 0.2) is 6.07 Å². The molecule has 1 aliphatic rings. The molecule has 0 radical (unpaired) electrons. The Morgan fingerprint density at radius 3 is 2.84 bits per heavy atom. The molecule has 9 nitrogen and oxygen atoms in total. The molecule has 134 valence electrons. The summed E-state index contributed by atoms with van der Waals surface area (Å²) in [4.78, 5) is 30.0. The van der Waals surface area contributed by atoms with E-state index in [2.05, 4.69) is 30.5 Å². The number of ether oxygens (including phenoxy) is 1. The van der Waals surface area contributed by atoms with Crippen LogP contribution < -0.4 is 25.2 Å². The van der Waals surface area contributed by atoms with Gasteiger partial charge in [0.15, 0.2) is 5.13 Å². The smallest absolute Gasteiger partial charge is 0.320 e. The molecule has 0 aromatic carbocycles. The molecule has 3 heterocycles. The predicted molar refractivity (Wildman–Crippen MR) is 97.9 cm³/mol. The van der Waals surface area contributed by atoms with Crippen molar-refractivity contribution in [2.45, 2.75) is 13.0 Å². The average Bonchev–Trinajstić information content (AvgIpc) is 3.02. The van der Waals surface area contributed by atoms with Gasteiger partial charge >= 0.3 is 12.0 Å². The van der Waals surface area contributed by atoms with Crippen LogP contribution in [-0.4, -0.2) is 55.8 Å². The number of hydrogen-bond acceptors (Lipinski definition) is 8. The lowest BCUT2D eigenvalue weighted by Gasteiger charge is -2.27. The quantitative estimate of drug-likeness (QED) is 0.846. The number of nitrogens with zero attached hydrogens (tertiary/aromatic N) is 5. The zero-order valence-electron chi connectivity index (χ0n) is 14.7. The van der Waals surface area contributed by atoms with E-state index in [-0.39, 0.29) is 6.03 Å². The number of carbonyl (C=O) groups is 1. The molecule has 0 atom stereocenters. The van der Waals surface area contributed by atoms with Gasteiger partial charge in [0, 0.05) is 45.1 Å². The average molecular weight is 363 g/mol. The number of rotatable bonds is 4. The summed E-state index contributed by atoms with van der Waals surface area (Å²) < 4.78 is 5.23. The Morgan fingerprint density at radius 1 is 1.36 bits per heavy atom. The minimum atomic E-state index is -0.265. The molecule has 0 bridgehead atoms. The van der Waals surface area contributed by atoms with Crippen molar-refractivity contribution in [3.05, 3.63) is 16.6 Å². The van der Waals surface area contributed by atoms with Gasteiger partial charge in [-0.25, -0.2) is 9.78 Å². The molecule has 3 rings (SSSR count). The zero-order chi connectivity index (χ0) is 18.0. The first kappa shape index (κ1) is 17.2. The molecule has 0 fully saturated rings.